The lowest BCUT2D eigenvalue weighted by molar-refractivity contribution is -0.141. The molecule has 1 atom stereocenters. The van der Waals surface area contributed by atoms with Gasteiger partial charge in [-0.05, 0) is 18.6 Å². The molecule has 0 bridgehead atoms. The highest BCUT2D eigenvalue weighted by Gasteiger charge is 2.32. The Kier molecular flexibility index (Phi) is 5.97. The standard InChI is InChI=1S/C16H17N3O5.ClH/c1-10-17-14(18-24-10)9-23-13-5-3-2-4-12(13)15(20)19-7-6-11(8-19)16(21)22;/h2-5,11H,6-9H2,1H3,(H,21,22);1H. The molecule has 2 heterocycles. The minimum absolute atomic E-state index is 0. The van der Waals surface area contributed by atoms with Crippen LogP contribution >= 0.6 is 12.4 Å². The van der Waals surface area contributed by atoms with Gasteiger partial charge in [-0.25, -0.2) is 0 Å². The Morgan fingerprint density at radius 3 is 2.80 bits per heavy atom. The predicted molar refractivity (Wildman–Crippen MR) is 88.7 cm³/mol. The predicted octanol–water partition coefficient (Wildman–Crippen LogP) is 1.93. The number of rotatable bonds is 5. The molecule has 1 unspecified atom stereocenters. The average molecular weight is 368 g/mol. The van der Waals surface area contributed by atoms with E-state index in [-0.39, 0.29) is 31.5 Å². The van der Waals surface area contributed by atoms with Gasteiger partial charge in [-0.3, -0.25) is 9.59 Å². The Hall–Kier alpha value is -2.61. The van der Waals surface area contributed by atoms with Gasteiger partial charge in [-0.1, -0.05) is 17.3 Å². The number of carboxylic acids is 1. The van der Waals surface area contributed by atoms with Crippen molar-refractivity contribution in [2.75, 3.05) is 13.1 Å². The molecule has 1 fully saturated rings. The van der Waals surface area contributed by atoms with Crippen LogP contribution in [-0.2, 0) is 11.4 Å². The smallest absolute Gasteiger partial charge is 0.308 e. The van der Waals surface area contributed by atoms with E-state index >= 15 is 0 Å². The molecule has 1 aliphatic heterocycles. The molecule has 1 N–H and O–H groups in total. The number of halogens is 1. The lowest BCUT2D eigenvalue weighted by atomic mass is 10.1. The quantitative estimate of drug-likeness (QED) is 0.860. The third-order valence-electron chi connectivity index (χ3n) is 3.87. The number of carbonyl (C=O) groups excluding carboxylic acids is 1. The van der Waals surface area contributed by atoms with E-state index in [9.17, 15) is 9.59 Å². The summed E-state index contributed by atoms with van der Waals surface area (Å²) in [4.78, 5) is 29.3. The van der Waals surface area contributed by atoms with Crippen LogP contribution in [0.1, 0.15) is 28.5 Å². The van der Waals surface area contributed by atoms with E-state index < -0.39 is 11.9 Å². The van der Waals surface area contributed by atoms with Crippen molar-refractivity contribution in [2.24, 2.45) is 5.92 Å². The van der Waals surface area contributed by atoms with E-state index in [1.807, 2.05) is 0 Å². The van der Waals surface area contributed by atoms with Crippen LogP contribution < -0.4 is 4.74 Å². The number of aromatic nitrogens is 2. The van der Waals surface area contributed by atoms with Crippen LogP contribution in [0.15, 0.2) is 28.8 Å². The first-order valence-corrected chi connectivity index (χ1v) is 7.57. The number of aliphatic carboxylic acids is 1. The van der Waals surface area contributed by atoms with Crippen molar-refractivity contribution in [1.82, 2.24) is 15.0 Å². The van der Waals surface area contributed by atoms with Gasteiger partial charge in [-0.15, -0.1) is 12.4 Å². The topological polar surface area (TPSA) is 106 Å². The lowest BCUT2D eigenvalue weighted by Crippen LogP contribution is -2.30. The Labute approximate surface area is 150 Å². The average Bonchev–Trinajstić information content (AvgIpc) is 3.22. The zero-order chi connectivity index (χ0) is 17.1. The Morgan fingerprint density at radius 2 is 2.16 bits per heavy atom. The number of hydrogen-bond acceptors (Lipinski definition) is 6. The van der Waals surface area contributed by atoms with Crippen molar-refractivity contribution in [3.05, 3.63) is 41.5 Å². The van der Waals surface area contributed by atoms with Crippen LogP contribution in [0, 0.1) is 12.8 Å². The van der Waals surface area contributed by atoms with Crippen LogP contribution in [-0.4, -0.2) is 45.1 Å². The van der Waals surface area contributed by atoms with E-state index in [1.54, 1.807) is 36.1 Å². The van der Waals surface area contributed by atoms with E-state index in [2.05, 4.69) is 10.1 Å². The molecular formula is C16H18ClN3O5. The third-order valence-corrected chi connectivity index (χ3v) is 3.87. The van der Waals surface area contributed by atoms with Gasteiger partial charge in [0.1, 0.15) is 5.75 Å². The van der Waals surface area contributed by atoms with Gasteiger partial charge in [0.2, 0.25) is 11.7 Å². The third kappa shape index (κ3) is 4.27. The number of aryl methyl sites for hydroxylation is 1. The number of para-hydroxylation sites is 1. The summed E-state index contributed by atoms with van der Waals surface area (Å²) in [6.07, 6.45) is 0.465. The first-order chi connectivity index (χ1) is 11.5. The maximum atomic E-state index is 12.7. The molecule has 25 heavy (non-hydrogen) atoms. The van der Waals surface area contributed by atoms with Gasteiger partial charge in [0.25, 0.3) is 5.91 Å². The highest BCUT2D eigenvalue weighted by molar-refractivity contribution is 5.97. The molecule has 9 heteroatoms. The maximum absolute atomic E-state index is 12.7. The summed E-state index contributed by atoms with van der Waals surface area (Å²) < 4.78 is 10.5. The summed E-state index contributed by atoms with van der Waals surface area (Å²) >= 11 is 0. The molecular weight excluding hydrogens is 350 g/mol. The highest BCUT2D eigenvalue weighted by Crippen LogP contribution is 2.24. The van der Waals surface area contributed by atoms with Gasteiger partial charge in [-0.2, -0.15) is 4.98 Å². The fourth-order valence-corrected chi connectivity index (χ4v) is 2.63. The molecule has 8 nitrogen and oxygen atoms in total. The van der Waals surface area contributed by atoms with Crippen molar-refractivity contribution in [1.29, 1.82) is 0 Å². The number of carboxylic acid groups (broad SMARTS) is 1. The zero-order valence-corrected chi connectivity index (χ0v) is 14.4. The van der Waals surface area contributed by atoms with Crippen LogP contribution in [0.25, 0.3) is 0 Å². The Morgan fingerprint density at radius 1 is 1.40 bits per heavy atom. The molecule has 1 amide bonds. The molecule has 3 rings (SSSR count). The summed E-state index contributed by atoms with van der Waals surface area (Å²) in [7, 11) is 0. The summed E-state index contributed by atoms with van der Waals surface area (Å²) in [5, 5.41) is 12.8. The normalized spacial score (nSPS) is 16.4. The van der Waals surface area contributed by atoms with Crippen molar-refractivity contribution >= 4 is 24.3 Å². The van der Waals surface area contributed by atoms with E-state index in [0.29, 0.717) is 36.0 Å². The Bertz CT molecular complexity index is 764. The fraction of sp³-hybridized carbons (Fsp3) is 0.375. The van der Waals surface area contributed by atoms with Gasteiger partial charge < -0.3 is 19.3 Å². The van der Waals surface area contributed by atoms with E-state index in [1.165, 1.54) is 0 Å². The number of ether oxygens (including phenoxy) is 1. The monoisotopic (exact) mass is 367 g/mol. The van der Waals surface area contributed by atoms with Crippen LogP contribution in [0.3, 0.4) is 0 Å². The first-order valence-electron chi connectivity index (χ1n) is 7.57. The van der Waals surface area contributed by atoms with Crippen LogP contribution in [0.2, 0.25) is 0 Å². The first kappa shape index (κ1) is 18.7. The summed E-state index contributed by atoms with van der Waals surface area (Å²) in [6.45, 7) is 2.40. The summed E-state index contributed by atoms with van der Waals surface area (Å²) in [5.41, 5.74) is 0.392. The maximum Gasteiger partial charge on any atom is 0.308 e. The number of benzene rings is 1. The minimum atomic E-state index is -0.873. The fourth-order valence-electron chi connectivity index (χ4n) is 2.63. The molecule has 0 radical (unpaired) electrons. The number of carbonyl (C=O) groups is 2. The molecule has 1 saturated heterocycles. The highest BCUT2D eigenvalue weighted by atomic mass is 35.5. The van der Waals surface area contributed by atoms with Crippen molar-refractivity contribution in [2.45, 2.75) is 20.0 Å². The molecule has 134 valence electrons. The van der Waals surface area contributed by atoms with Gasteiger partial charge >= 0.3 is 5.97 Å². The Balaban J connectivity index is 0.00000225. The van der Waals surface area contributed by atoms with Gasteiger partial charge in [0.15, 0.2) is 6.61 Å². The van der Waals surface area contributed by atoms with Gasteiger partial charge in [0, 0.05) is 20.0 Å². The van der Waals surface area contributed by atoms with E-state index in [4.69, 9.17) is 14.4 Å². The van der Waals surface area contributed by atoms with Gasteiger partial charge in [0.05, 0.1) is 11.5 Å². The molecule has 0 saturated carbocycles. The molecule has 1 aromatic carbocycles. The second-order valence-corrected chi connectivity index (χ2v) is 5.59. The largest absolute Gasteiger partial charge is 0.485 e. The van der Waals surface area contributed by atoms with Crippen molar-refractivity contribution < 1.29 is 24.0 Å². The number of likely N-dealkylation sites (tertiary alicyclic amines) is 1. The molecule has 0 spiro atoms. The number of hydrogen-bond donors (Lipinski definition) is 1. The SMILES string of the molecule is Cc1nc(COc2ccccc2C(=O)N2CCC(C(=O)O)C2)no1.Cl. The van der Waals surface area contributed by atoms with Crippen LogP contribution in [0.5, 0.6) is 5.75 Å². The second-order valence-electron chi connectivity index (χ2n) is 5.59. The molecule has 0 aliphatic carbocycles. The minimum Gasteiger partial charge on any atom is -0.485 e. The van der Waals surface area contributed by atoms with Crippen molar-refractivity contribution in [3.63, 3.8) is 0 Å². The lowest BCUT2D eigenvalue weighted by Gasteiger charge is -2.18. The summed E-state index contributed by atoms with van der Waals surface area (Å²) in [6, 6.07) is 6.85. The molecule has 1 aliphatic rings. The number of amides is 1. The second kappa shape index (κ2) is 7.98. The van der Waals surface area contributed by atoms with Crippen molar-refractivity contribution in [3.8, 4) is 5.75 Å². The van der Waals surface area contributed by atoms with E-state index in [0.717, 1.165) is 0 Å². The molecule has 2 aromatic rings. The molecule has 1 aromatic heterocycles. The number of nitrogens with zero attached hydrogens (tertiary/aromatic N) is 3. The zero-order valence-electron chi connectivity index (χ0n) is 13.5. The van der Waals surface area contributed by atoms with Crippen LogP contribution in [0.4, 0.5) is 0 Å². The summed E-state index contributed by atoms with van der Waals surface area (Å²) in [5.74, 6) is -0.384.